The average molecular weight is 342 g/mol. The number of rotatable bonds is 3. The zero-order valence-electron chi connectivity index (χ0n) is 8.96. The summed E-state index contributed by atoms with van der Waals surface area (Å²) in [7, 11) is 0. The number of ether oxygens (including phenoxy) is 1. The van der Waals surface area contributed by atoms with E-state index < -0.39 is 12.2 Å². The van der Waals surface area contributed by atoms with Crippen LogP contribution in [0.25, 0.3) is 0 Å². The maximum Gasteiger partial charge on any atom is 0.421 e. The second-order valence-electron chi connectivity index (χ2n) is 2.42. The third kappa shape index (κ3) is 23.0. The van der Waals surface area contributed by atoms with Gasteiger partial charge >= 0.3 is 12.2 Å². The molecule has 0 aromatic heterocycles. The first-order chi connectivity index (χ1) is 7.54. The minimum absolute atomic E-state index is 0.458. The molecule has 0 aliphatic carbocycles. The Morgan fingerprint density at radius 2 is 2.12 bits per heavy atom. The number of carbonyl (C=O) groups is 2. The Balaban J connectivity index is 0. The molecule has 0 saturated heterocycles. The summed E-state index contributed by atoms with van der Waals surface area (Å²) >= 11 is 2.08. The van der Waals surface area contributed by atoms with Gasteiger partial charge in [-0.25, -0.2) is 9.59 Å². The first-order valence-corrected chi connectivity index (χ1v) is 6.04. The van der Waals surface area contributed by atoms with Crippen LogP contribution in [0.5, 0.6) is 0 Å². The molecule has 0 unspecified atom stereocenters. The van der Waals surface area contributed by atoms with Gasteiger partial charge in [0.15, 0.2) is 0 Å². The lowest BCUT2D eigenvalue weighted by atomic mass is 10.3. The van der Waals surface area contributed by atoms with Crippen LogP contribution in [0.4, 0.5) is 9.59 Å². The lowest BCUT2D eigenvalue weighted by Gasteiger charge is -1.98. The predicted octanol–water partition coefficient (Wildman–Crippen LogP) is 1.53. The molecule has 92 valence electrons. The Morgan fingerprint density at radius 3 is 2.56 bits per heavy atom. The van der Waals surface area contributed by atoms with Crippen LogP contribution in [0.15, 0.2) is 0 Å². The van der Waals surface area contributed by atoms with Crippen molar-refractivity contribution in [3.05, 3.63) is 0 Å². The van der Waals surface area contributed by atoms with Crippen molar-refractivity contribution in [2.75, 3.05) is 11.0 Å². The zero-order valence-corrected chi connectivity index (χ0v) is 11.1. The molecule has 16 heavy (non-hydrogen) atoms. The maximum atomic E-state index is 10.8. The van der Waals surface area contributed by atoms with Gasteiger partial charge in [0, 0.05) is 6.54 Å². The molecule has 7 heteroatoms. The summed E-state index contributed by atoms with van der Waals surface area (Å²) in [5.41, 5.74) is 4.03. The molecule has 0 aliphatic rings. The van der Waals surface area contributed by atoms with E-state index in [2.05, 4.69) is 57.3 Å². The summed E-state index contributed by atoms with van der Waals surface area (Å²) in [5, 5.41) is 9.77. The number of nitrogens with one attached hydrogen (secondary N) is 1. The standard InChI is InChI=1S/C8H12INO2.CH3NO2/c1-2-3-6-10-8(11)12-7-4-5-9;2-1(3)4/h2-3,5-6H2,1H3,(H,10,11);2H2,(H,3,4). The predicted molar refractivity (Wildman–Crippen MR) is 68.3 cm³/mol. The number of primary amides is 1. The lowest BCUT2D eigenvalue weighted by Crippen LogP contribution is -2.23. The topological polar surface area (TPSA) is 102 Å². The van der Waals surface area contributed by atoms with Crippen molar-refractivity contribution in [1.29, 1.82) is 0 Å². The molecule has 0 fully saturated rings. The first-order valence-electron chi connectivity index (χ1n) is 4.51. The second-order valence-corrected chi connectivity index (χ2v) is 3.18. The summed E-state index contributed by atoms with van der Waals surface area (Å²) < 4.78 is 5.18. The number of alkyl halides is 1. The fourth-order valence-corrected chi connectivity index (χ4v) is 0.669. The number of carboxylic acid groups (broad SMARTS) is 1. The third-order valence-electron chi connectivity index (χ3n) is 1.08. The highest BCUT2D eigenvalue weighted by Crippen LogP contribution is 1.83. The number of nitrogens with two attached hydrogens (primary N) is 1. The quantitative estimate of drug-likeness (QED) is 0.313. The van der Waals surface area contributed by atoms with Crippen molar-refractivity contribution in [3.8, 4) is 12.0 Å². The number of carbonyl (C=O) groups excluding carboxylic acids is 1. The van der Waals surface area contributed by atoms with E-state index >= 15 is 0 Å². The molecule has 4 N–H and O–H groups in total. The van der Waals surface area contributed by atoms with Gasteiger partial charge in [0.2, 0.25) is 0 Å². The van der Waals surface area contributed by atoms with Gasteiger partial charge in [-0.05, 0) is 12.3 Å². The van der Waals surface area contributed by atoms with Crippen molar-refractivity contribution < 1.29 is 19.4 Å². The Bertz CT molecular complexity index is 256. The Hall–Kier alpha value is -1.17. The minimum Gasteiger partial charge on any atom is -0.465 e. The molecular weight excluding hydrogens is 327 g/mol. The number of hydrogen-bond donors (Lipinski definition) is 3. The highest BCUT2D eigenvalue weighted by atomic mass is 127. The van der Waals surface area contributed by atoms with Crippen LogP contribution >= 0.6 is 22.6 Å². The fourth-order valence-electron chi connectivity index (χ4n) is 0.513. The van der Waals surface area contributed by atoms with Crippen LogP contribution in [0, 0.1) is 12.0 Å². The molecule has 0 spiro atoms. The average Bonchev–Trinajstić information content (AvgIpc) is 2.18. The summed E-state index contributed by atoms with van der Waals surface area (Å²) in [6.45, 7) is 2.71. The fraction of sp³-hybridized carbons (Fsp3) is 0.556. The first kappa shape index (κ1) is 17.2. The van der Waals surface area contributed by atoms with Crippen molar-refractivity contribution in [1.82, 2.24) is 5.32 Å². The van der Waals surface area contributed by atoms with E-state index in [9.17, 15) is 4.79 Å². The van der Waals surface area contributed by atoms with E-state index in [1.807, 2.05) is 0 Å². The van der Waals surface area contributed by atoms with Gasteiger partial charge in [0.05, 0.1) is 4.43 Å². The summed E-state index contributed by atoms with van der Waals surface area (Å²) in [6.07, 6.45) is 2.52. The van der Waals surface area contributed by atoms with Crippen LogP contribution in [-0.4, -0.2) is 28.3 Å². The van der Waals surface area contributed by atoms with Gasteiger partial charge < -0.3 is 20.9 Å². The van der Waals surface area contributed by atoms with Crippen molar-refractivity contribution in [3.63, 3.8) is 0 Å². The second kappa shape index (κ2) is 13.8. The molecule has 0 heterocycles. The zero-order chi connectivity index (χ0) is 12.8. The maximum absolute atomic E-state index is 10.8. The Morgan fingerprint density at radius 1 is 1.56 bits per heavy atom. The number of halogens is 1. The molecule has 0 atom stereocenters. The van der Waals surface area contributed by atoms with Crippen molar-refractivity contribution in [2.45, 2.75) is 19.8 Å². The van der Waals surface area contributed by atoms with Gasteiger partial charge in [-0.3, -0.25) is 0 Å². The summed E-state index contributed by atoms with van der Waals surface area (Å²) in [6, 6.07) is 0. The molecule has 2 amide bonds. The molecule has 0 bridgehead atoms. The van der Waals surface area contributed by atoms with E-state index in [1.54, 1.807) is 0 Å². The monoisotopic (exact) mass is 342 g/mol. The van der Waals surface area contributed by atoms with Crippen molar-refractivity contribution >= 4 is 34.8 Å². The van der Waals surface area contributed by atoms with E-state index in [0.29, 0.717) is 11.0 Å². The molecule has 0 rings (SSSR count). The number of amides is 2. The van der Waals surface area contributed by atoms with Gasteiger partial charge in [-0.1, -0.05) is 35.9 Å². The SMILES string of the molecule is CCCCNC(=O)OC#CCI.NC(=O)O. The minimum atomic E-state index is -1.33. The summed E-state index contributed by atoms with van der Waals surface area (Å²) in [5.74, 6) is 2.62. The van der Waals surface area contributed by atoms with Crippen LogP contribution in [0.1, 0.15) is 19.8 Å². The van der Waals surface area contributed by atoms with E-state index in [-0.39, 0.29) is 0 Å². The normalized spacial score (nSPS) is 7.62. The molecule has 0 saturated carbocycles. The highest BCUT2D eigenvalue weighted by molar-refractivity contribution is 14.1. The van der Waals surface area contributed by atoms with Crippen molar-refractivity contribution in [2.24, 2.45) is 5.73 Å². The van der Waals surface area contributed by atoms with Crippen LogP contribution in [0.2, 0.25) is 0 Å². The Labute approximate surface area is 108 Å². The smallest absolute Gasteiger partial charge is 0.421 e. The molecule has 0 radical (unpaired) electrons. The molecular formula is C9H15IN2O4. The number of unbranched alkanes of at least 4 members (excludes halogenated alkanes) is 1. The van der Waals surface area contributed by atoms with Gasteiger partial charge in [-0.2, -0.15) is 0 Å². The van der Waals surface area contributed by atoms with Gasteiger partial charge in [0.25, 0.3) is 0 Å². The molecule has 0 aromatic carbocycles. The van der Waals surface area contributed by atoms with Crippen LogP contribution in [-0.2, 0) is 4.74 Å². The lowest BCUT2D eigenvalue weighted by molar-refractivity contribution is 0.191. The molecule has 6 nitrogen and oxygen atoms in total. The highest BCUT2D eigenvalue weighted by Gasteiger charge is 1.96. The largest absolute Gasteiger partial charge is 0.465 e. The van der Waals surface area contributed by atoms with E-state index in [4.69, 9.17) is 9.90 Å². The third-order valence-corrected chi connectivity index (χ3v) is 1.46. The van der Waals surface area contributed by atoms with Gasteiger partial charge in [-0.15, -0.1) is 0 Å². The Kier molecular flexibility index (Phi) is 14.9. The number of hydrogen-bond acceptors (Lipinski definition) is 3. The van der Waals surface area contributed by atoms with Crippen LogP contribution in [0.3, 0.4) is 0 Å². The van der Waals surface area contributed by atoms with E-state index in [1.165, 1.54) is 0 Å². The van der Waals surface area contributed by atoms with E-state index in [0.717, 1.165) is 12.8 Å². The molecule has 0 aromatic rings. The van der Waals surface area contributed by atoms with Gasteiger partial charge in [0.1, 0.15) is 6.11 Å². The summed E-state index contributed by atoms with van der Waals surface area (Å²) in [4.78, 5) is 19.5. The molecule has 0 aliphatic heterocycles. The van der Waals surface area contributed by atoms with Crippen LogP contribution < -0.4 is 11.1 Å². The number of alkyl carbamates (subject to hydrolysis) is 1.